The average Bonchev–Trinajstić information content (AvgIpc) is 2.60. The minimum Gasteiger partial charge on any atom is -0.492 e. The normalized spacial score (nSPS) is 23.4. The number of rotatable bonds is 5. The van der Waals surface area contributed by atoms with Crippen molar-refractivity contribution >= 4 is 17.6 Å². The number of benzene rings is 1. The summed E-state index contributed by atoms with van der Waals surface area (Å²) in [5, 5.41) is 6.62. The lowest BCUT2D eigenvalue weighted by Gasteiger charge is -2.30. The van der Waals surface area contributed by atoms with Crippen LogP contribution in [0.1, 0.15) is 44.2 Å². The van der Waals surface area contributed by atoms with Crippen LogP contribution in [-0.2, 0) is 0 Å². The van der Waals surface area contributed by atoms with E-state index in [9.17, 15) is 4.79 Å². The van der Waals surface area contributed by atoms with Crippen molar-refractivity contribution in [3.63, 3.8) is 0 Å². The van der Waals surface area contributed by atoms with Gasteiger partial charge in [-0.1, -0.05) is 30.7 Å². The maximum atomic E-state index is 12.2. The van der Waals surface area contributed by atoms with E-state index >= 15 is 0 Å². The number of urea groups is 1. The summed E-state index contributed by atoms with van der Waals surface area (Å²) < 4.78 is 5.63. The molecule has 1 aromatic rings. The van der Waals surface area contributed by atoms with Crippen LogP contribution in [0.4, 0.5) is 4.79 Å². The first-order valence-corrected chi connectivity index (χ1v) is 9.69. The Balaban J connectivity index is 1.41. The number of ether oxygens (including phenoxy) is 1. The van der Waals surface area contributed by atoms with E-state index in [4.69, 9.17) is 16.3 Å². The Bertz CT molecular complexity index is 596. The van der Waals surface area contributed by atoms with Crippen LogP contribution in [0.2, 0.25) is 5.02 Å². The van der Waals surface area contributed by atoms with Gasteiger partial charge in [0.1, 0.15) is 5.75 Å². The summed E-state index contributed by atoms with van der Waals surface area (Å²) in [6.45, 7) is 7.01. The second kappa shape index (κ2) is 8.77. The molecule has 1 saturated heterocycles. The van der Waals surface area contributed by atoms with Gasteiger partial charge in [-0.05, 0) is 44.3 Å². The van der Waals surface area contributed by atoms with Gasteiger partial charge in [-0.25, -0.2) is 4.79 Å². The molecule has 2 atom stereocenters. The third-order valence-electron chi connectivity index (χ3n) is 5.01. The molecule has 0 spiro atoms. The fraction of sp³-hybridized carbons (Fsp3) is 0.632. The Morgan fingerprint density at radius 1 is 1.40 bits per heavy atom. The zero-order valence-electron chi connectivity index (χ0n) is 14.9. The lowest BCUT2D eigenvalue weighted by atomic mass is 10.0. The number of amides is 2. The fourth-order valence-corrected chi connectivity index (χ4v) is 3.98. The molecule has 0 aromatic heterocycles. The summed E-state index contributed by atoms with van der Waals surface area (Å²) in [6, 6.07) is 5.49. The van der Waals surface area contributed by atoms with Gasteiger partial charge >= 0.3 is 6.03 Å². The molecule has 25 heavy (non-hydrogen) atoms. The number of carbonyl (C=O) groups excluding carboxylic acids is 1. The molecular formula is C19H28ClN3O2. The van der Waals surface area contributed by atoms with Crippen LogP contribution in [0.15, 0.2) is 18.2 Å². The predicted octanol–water partition coefficient (Wildman–Crippen LogP) is 3.58. The minimum absolute atomic E-state index is 0.0506. The van der Waals surface area contributed by atoms with E-state index in [1.54, 1.807) is 0 Å². The van der Waals surface area contributed by atoms with Crippen LogP contribution in [0.5, 0.6) is 5.75 Å². The van der Waals surface area contributed by atoms with Gasteiger partial charge in [0.25, 0.3) is 0 Å². The Hall–Kier alpha value is -1.46. The molecule has 1 fully saturated rings. The number of halogens is 1. The Morgan fingerprint density at radius 3 is 3.12 bits per heavy atom. The van der Waals surface area contributed by atoms with Crippen molar-refractivity contribution in [3.05, 3.63) is 28.8 Å². The number of nitrogens with zero attached hydrogens (tertiary/aromatic N) is 1. The van der Waals surface area contributed by atoms with Gasteiger partial charge in [0.05, 0.1) is 17.7 Å². The molecule has 6 heteroatoms. The number of carbonyl (C=O) groups is 1. The summed E-state index contributed by atoms with van der Waals surface area (Å²) in [7, 11) is 0. The molecule has 138 valence electrons. The summed E-state index contributed by atoms with van der Waals surface area (Å²) in [5.41, 5.74) is 0.955. The van der Waals surface area contributed by atoms with Gasteiger partial charge in [-0.3, -0.25) is 0 Å². The van der Waals surface area contributed by atoms with Gasteiger partial charge in [0.2, 0.25) is 0 Å². The highest BCUT2D eigenvalue weighted by molar-refractivity contribution is 6.32. The van der Waals surface area contributed by atoms with Crippen LogP contribution in [0.25, 0.3) is 0 Å². The number of piperidine rings is 1. The van der Waals surface area contributed by atoms with Gasteiger partial charge in [0.15, 0.2) is 0 Å². The van der Waals surface area contributed by atoms with E-state index in [0.717, 1.165) is 30.9 Å². The van der Waals surface area contributed by atoms with Crippen molar-refractivity contribution in [2.75, 3.05) is 32.8 Å². The molecule has 0 aliphatic carbocycles. The number of nitrogens with one attached hydrogen (secondary N) is 2. The number of hydrogen-bond donors (Lipinski definition) is 2. The highest BCUT2D eigenvalue weighted by atomic mass is 35.5. The zero-order chi connectivity index (χ0) is 17.6. The largest absolute Gasteiger partial charge is 0.492 e. The molecular weight excluding hydrogens is 338 g/mol. The highest BCUT2D eigenvalue weighted by Crippen LogP contribution is 2.37. The standard InChI is InChI=1S/C19H28ClN3O2/c1-14-5-3-10-23(13-14)11-4-9-21-19(24)22-17-8-12-25-18-15(17)6-2-7-16(18)20/h2,6-7,14,17H,3-5,8-13H2,1H3,(H2,21,22,24)/t14-,17+/m0/s1. The first kappa shape index (κ1) is 18.3. The van der Waals surface area contributed by atoms with E-state index in [1.807, 2.05) is 18.2 Å². The Kier molecular flexibility index (Phi) is 6.43. The molecule has 0 unspecified atom stereocenters. The van der Waals surface area contributed by atoms with Crippen LogP contribution >= 0.6 is 11.6 Å². The SMILES string of the molecule is C[C@H]1CCCN(CCCNC(=O)N[C@@H]2CCOc3c(Cl)cccc32)C1. The van der Waals surface area contributed by atoms with Crippen molar-refractivity contribution in [1.29, 1.82) is 0 Å². The second-order valence-electron chi connectivity index (χ2n) is 7.15. The Morgan fingerprint density at radius 2 is 2.28 bits per heavy atom. The van der Waals surface area contributed by atoms with Crippen molar-refractivity contribution in [1.82, 2.24) is 15.5 Å². The maximum absolute atomic E-state index is 12.2. The third-order valence-corrected chi connectivity index (χ3v) is 5.31. The number of para-hydroxylation sites is 1. The van der Waals surface area contributed by atoms with Crippen molar-refractivity contribution < 1.29 is 9.53 Å². The van der Waals surface area contributed by atoms with Crippen molar-refractivity contribution in [2.24, 2.45) is 5.92 Å². The molecule has 3 rings (SSSR count). The first-order valence-electron chi connectivity index (χ1n) is 9.31. The van der Waals surface area contributed by atoms with Crippen molar-refractivity contribution in [3.8, 4) is 5.75 Å². The van der Waals surface area contributed by atoms with Gasteiger partial charge in [-0.2, -0.15) is 0 Å². The summed E-state index contributed by atoms with van der Waals surface area (Å²) in [6.07, 6.45) is 4.37. The summed E-state index contributed by atoms with van der Waals surface area (Å²) >= 11 is 6.17. The lowest BCUT2D eigenvalue weighted by molar-refractivity contribution is 0.181. The Labute approximate surface area is 155 Å². The smallest absolute Gasteiger partial charge is 0.315 e. The van der Waals surface area contributed by atoms with Crippen LogP contribution in [0, 0.1) is 5.92 Å². The molecule has 0 radical (unpaired) electrons. The molecule has 2 N–H and O–H groups in total. The summed E-state index contributed by atoms with van der Waals surface area (Å²) in [5.74, 6) is 1.49. The van der Waals surface area contributed by atoms with Gasteiger partial charge < -0.3 is 20.3 Å². The maximum Gasteiger partial charge on any atom is 0.315 e. The van der Waals surface area contributed by atoms with Crippen molar-refractivity contribution in [2.45, 2.75) is 38.6 Å². The van der Waals surface area contributed by atoms with E-state index in [1.165, 1.54) is 25.9 Å². The molecule has 2 aliphatic heterocycles. The third kappa shape index (κ3) is 5.02. The molecule has 1 aromatic carbocycles. The van der Waals surface area contributed by atoms with E-state index < -0.39 is 0 Å². The fourth-order valence-electron chi connectivity index (χ4n) is 3.74. The van der Waals surface area contributed by atoms with Crippen LogP contribution in [0.3, 0.4) is 0 Å². The molecule has 0 saturated carbocycles. The van der Waals surface area contributed by atoms with Gasteiger partial charge in [-0.15, -0.1) is 0 Å². The molecule has 2 heterocycles. The van der Waals surface area contributed by atoms with E-state index in [2.05, 4.69) is 22.5 Å². The topological polar surface area (TPSA) is 53.6 Å². The second-order valence-corrected chi connectivity index (χ2v) is 7.56. The molecule has 5 nitrogen and oxygen atoms in total. The minimum atomic E-state index is -0.121. The molecule has 0 bridgehead atoms. The quantitative estimate of drug-likeness (QED) is 0.784. The molecule has 2 aliphatic rings. The van der Waals surface area contributed by atoms with Gasteiger partial charge in [0, 0.05) is 25.1 Å². The summed E-state index contributed by atoms with van der Waals surface area (Å²) in [4.78, 5) is 14.7. The first-order chi connectivity index (χ1) is 12.1. The predicted molar refractivity (Wildman–Crippen MR) is 100 cm³/mol. The average molecular weight is 366 g/mol. The van der Waals surface area contributed by atoms with E-state index in [-0.39, 0.29) is 12.1 Å². The van der Waals surface area contributed by atoms with Crippen LogP contribution < -0.4 is 15.4 Å². The highest BCUT2D eigenvalue weighted by Gasteiger charge is 2.24. The monoisotopic (exact) mass is 365 g/mol. The number of likely N-dealkylation sites (tertiary alicyclic amines) is 1. The number of fused-ring (bicyclic) bond motifs is 1. The van der Waals surface area contributed by atoms with E-state index in [0.29, 0.717) is 23.9 Å². The number of hydrogen-bond acceptors (Lipinski definition) is 3. The zero-order valence-corrected chi connectivity index (χ0v) is 15.6. The van der Waals surface area contributed by atoms with Crippen LogP contribution in [-0.4, -0.2) is 43.7 Å². The lowest BCUT2D eigenvalue weighted by Crippen LogP contribution is -2.41. The molecule has 2 amide bonds.